The number of nitrogens with one attached hydrogen (secondary N) is 1. The van der Waals surface area contributed by atoms with Crippen LogP contribution < -0.4 is 14.8 Å². The number of urea groups is 1. The van der Waals surface area contributed by atoms with Crippen molar-refractivity contribution in [1.82, 2.24) is 15.1 Å². The number of hydrogen-bond acceptors (Lipinski definition) is 7. The number of likely N-dealkylation sites (N-methyl/N-ethyl adjacent to an activating group) is 1. The molecule has 0 aliphatic carbocycles. The van der Waals surface area contributed by atoms with Crippen LogP contribution in [-0.2, 0) is 14.3 Å². The van der Waals surface area contributed by atoms with Gasteiger partial charge in [-0.1, -0.05) is 0 Å². The van der Waals surface area contributed by atoms with Gasteiger partial charge in [0.15, 0.2) is 0 Å². The summed E-state index contributed by atoms with van der Waals surface area (Å²) in [5, 5.41) is 2.92. The van der Waals surface area contributed by atoms with Gasteiger partial charge in [-0.3, -0.25) is 9.80 Å². The molecule has 1 fully saturated rings. The minimum absolute atomic E-state index is 0.233. The van der Waals surface area contributed by atoms with Gasteiger partial charge in [0.05, 0.1) is 45.7 Å². The van der Waals surface area contributed by atoms with E-state index >= 15 is 0 Å². The van der Waals surface area contributed by atoms with E-state index in [4.69, 9.17) is 18.9 Å². The van der Waals surface area contributed by atoms with E-state index in [1.807, 2.05) is 0 Å². The minimum Gasteiger partial charge on any atom is -0.497 e. The van der Waals surface area contributed by atoms with Crippen LogP contribution in [0.15, 0.2) is 29.5 Å². The van der Waals surface area contributed by atoms with E-state index in [0.717, 1.165) is 13.1 Å². The Hall–Kier alpha value is -2.78. The number of esters is 1. The zero-order chi connectivity index (χ0) is 21.7. The van der Waals surface area contributed by atoms with Crippen LogP contribution in [-0.4, -0.2) is 82.5 Å². The second-order valence-corrected chi connectivity index (χ2v) is 7.02. The molecule has 1 atom stereocenters. The molecule has 2 aliphatic rings. The van der Waals surface area contributed by atoms with E-state index in [-0.39, 0.29) is 12.6 Å². The predicted molar refractivity (Wildman–Crippen MR) is 109 cm³/mol. The highest BCUT2D eigenvalue weighted by molar-refractivity contribution is 5.95. The first-order valence-electron chi connectivity index (χ1n) is 9.96. The van der Waals surface area contributed by atoms with Gasteiger partial charge in [0, 0.05) is 44.0 Å². The molecule has 0 radical (unpaired) electrons. The number of carbonyl (C=O) groups excluding carboxylic acids is 2. The largest absolute Gasteiger partial charge is 0.497 e. The van der Waals surface area contributed by atoms with Gasteiger partial charge >= 0.3 is 12.0 Å². The molecule has 2 aliphatic heterocycles. The number of rotatable bonds is 7. The van der Waals surface area contributed by atoms with Gasteiger partial charge in [-0.2, -0.15) is 0 Å². The third-order valence-corrected chi connectivity index (χ3v) is 5.30. The third kappa shape index (κ3) is 4.52. The summed E-state index contributed by atoms with van der Waals surface area (Å²) in [6.07, 6.45) is 0. The van der Waals surface area contributed by atoms with Crippen molar-refractivity contribution in [3.8, 4) is 11.5 Å². The summed E-state index contributed by atoms with van der Waals surface area (Å²) < 4.78 is 21.6. The molecule has 164 valence electrons. The smallest absolute Gasteiger partial charge is 0.338 e. The second kappa shape index (κ2) is 9.82. The van der Waals surface area contributed by atoms with Crippen molar-refractivity contribution in [2.45, 2.75) is 13.0 Å². The highest BCUT2D eigenvalue weighted by Gasteiger charge is 2.38. The molecule has 30 heavy (non-hydrogen) atoms. The van der Waals surface area contributed by atoms with E-state index in [0.29, 0.717) is 48.1 Å². The normalized spacial score (nSPS) is 20.1. The monoisotopic (exact) mass is 419 g/mol. The molecule has 3 rings (SSSR count). The summed E-state index contributed by atoms with van der Waals surface area (Å²) in [4.78, 5) is 29.5. The molecule has 9 heteroatoms. The molecule has 1 unspecified atom stereocenters. The first-order valence-corrected chi connectivity index (χ1v) is 9.96. The van der Waals surface area contributed by atoms with Crippen molar-refractivity contribution in [2.75, 3.05) is 60.7 Å². The van der Waals surface area contributed by atoms with E-state index in [2.05, 4.69) is 10.2 Å². The Morgan fingerprint density at radius 1 is 1.23 bits per heavy atom. The van der Waals surface area contributed by atoms with E-state index < -0.39 is 12.0 Å². The predicted octanol–water partition coefficient (Wildman–Crippen LogP) is 1.55. The minimum atomic E-state index is -0.704. The maximum absolute atomic E-state index is 13.0. The van der Waals surface area contributed by atoms with Crippen LogP contribution in [0.2, 0.25) is 0 Å². The number of benzene rings is 1. The Morgan fingerprint density at radius 2 is 1.97 bits per heavy atom. The average Bonchev–Trinajstić information content (AvgIpc) is 2.77. The Balaban J connectivity index is 2.09. The van der Waals surface area contributed by atoms with Gasteiger partial charge in [-0.25, -0.2) is 9.59 Å². The number of amides is 2. The Bertz CT molecular complexity index is 819. The Kier molecular flexibility index (Phi) is 7.17. The molecular formula is C21H29N3O6. The number of ether oxygens (including phenoxy) is 4. The zero-order valence-electron chi connectivity index (χ0n) is 17.9. The highest BCUT2D eigenvalue weighted by Crippen LogP contribution is 2.37. The Morgan fingerprint density at radius 3 is 2.60 bits per heavy atom. The fourth-order valence-electron chi connectivity index (χ4n) is 3.66. The van der Waals surface area contributed by atoms with Gasteiger partial charge in [-0.05, 0) is 19.1 Å². The molecule has 1 saturated heterocycles. The van der Waals surface area contributed by atoms with Crippen molar-refractivity contribution in [3.63, 3.8) is 0 Å². The lowest BCUT2D eigenvalue weighted by Gasteiger charge is -2.37. The van der Waals surface area contributed by atoms with Crippen LogP contribution in [0.5, 0.6) is 11.5 Å². The maximum atomic E-state index is 13.0. The summed E-state index contributed by atoms with van der Waals surface area (Å²) in [5.41, 5.74) is 1.66. The van der Waals surface area contributed by atoms with Gasteiger partial charge in [0.1, 0.15) is 11.5 Å². The number of morpholine rings is 1. The molecule has 2 heterocycles. The SMILES string of the molecule is CCOC(=O)C1=C(CN2CCOCC2)N(C)C(=O)NC1c1ccc(OC)cc1OC. The number of methoxy groups -OCH3 is 2. The number of hydrogen-bond donors (Lipinski definition) is 1. The molecule has 1 aromatic carbocycles. The molecule has 2 amide bonds. The molecule has 1 N–H and O–H groups in total. The summed E-state index contributed by atoms with van der Waals surface area (Å²) in [7, 11) is 4.76. The van der Waals surface area contributed by atoms with Gasteiger partial charge in [-0.15, -0.1) is 0 Å². The summed E-state index contributed by atoms with van der Waals surface area (Å²) in [6.45, 7) is 5.13. The second-order valence-electron chi connectivity index (χ2n) is 7.02. The molecule has 9 nitrogen and oxygen atoms in total. The molecule has 0 spiro atoms. The maximum Gasteiger partial charge on any atom is 0.338 e. The average molecular weight is 419 g/mol. The lowest BCUT2D eigenvalue weighted by Crippen LogP contribution is -2.50. The van der Waals surface area contributed by atoms with E-state index in [9.17, 15) is 9.59 Å². The molecule has 0 aromatic heterocycles. The van der Waals surface area contributed by atoms with Crippen LogP contribution >= 0.6 is 0 Å². The standard InChI is InChI=1S/C21H29N3O6/c1-5-30-20(25)18-16(13-24-8-10-29-11-9-24)23(2)21(26)22-19(18)15-7-6-14(27-3)12-17(15)28-4/h6-7,12,19H,5,8-11,13H2,1-4H3,(H,22,26). The fourth-order valence-corrected chi connectivity index (χ4v) is 3.66. The molecule has 0 bridgehead atoms. The van der Waals surface area contributed by atoms with Crippen LogP contribution in [0, 0.1) is 0 Å². The first kappa shape index (κ1) is 21.9. The summed E-state index contributed by atoms with van der Waals surface area (Å²) in [5.74, 6) is 0.664. The fraction of sp³-hybridized carbons (Fsp3) is 0.524. The molecular weight excluding hydrogens is 390 g/mol. The van der Waals surface area contributed by atoms with Gasteiger partial charge in [0.2, 0.25) is 0 Å². The highest BCUT2D eigenvalue weighted by atomic mass is 16.5. The van der Waals surface area contributed by atoms with Crippen LogP contribution in [0.4, 0.5) is 4.79 Å². The summed E-state index contributed by atoms with van der Waals surface area (Å²) >= 11 is 0. The Labute approximate surface area is 176 Å². The van der Waals surface area contributed by atoms with Crippen molar-refractivity contribution in [2.24, 2.45) is 0 Å². The van der Waals surface area contributed by atoms with Crippen molar-refractivity contribution >= 4 is 12.0 Å². The van der Waals surface area contributed by atoms with E-state index in [1.165, 1.54) is 12.0 Å². The lowest BCUT2D eigenvalue weighted by atomic mass is 9.93. The molecule has 1 aromatic rings. The molecule has 0 saturated carbocycles. The summed E-state index contributed by atoms with van der Waals surface area (Å²) in [6, 6.07) is 4.29. The van der Waals surface area contributed by atoms with Crippen molar-refractivity contribution < 1.29 is 28.5 Å². The van der Waals surface area contributed by atoms with Crippen LogP contribution in [0.3, 0.4) is 0 Å². The quantitative estimate of drug-likeness (QED) is 0.671. The van der Waals surface area contributed by atoms with Crippen molar-refractivity contribution in [1.29, 1.82) is 0 Å². The van der Waals surface area contributed by atoms with Gasteiger partial charge in [0.25, 0.3) is 0 Å². The topological polar surface area (TPSA) is 89.6 Å². The van der Waals surface area contributed by atoms with Crippen molar-refractivity contribution in [3.05, 3.63) is 35.0 Å². The third-order valence-electron chi connectivity index (χ3n) is 5.30. The lowest BCUT2D eigenvalue weighted by molar-refractivity contribution is -0.139. The zero-order valence-corrected chi connectivity index (χ0v) is 17.9. The number of nitrogens with zero attached hydrogens (tertiary/aromatic N) is 2. The van der Waals surface area contributed by atoms with E-state index in [1.54, 1.807) is 39.3 Å². The number of carbonyl (C=O) groups is 2. The van der Waals surface area contributed by atoms with Crippen LogP contribution in [0.25, 0.3) is 0 Å². The van der Waals surface area contributed by atoms with Gasteiger partial charge < -0.3 is 24.3 Å². The first-order chi connectivity index (χ1) is 14.5. The van der Waals surface area contributed by atoms with Crippen LogP contribution in [0.1, 0.15) is 18.5 Å².